The third-order valence-corrected chi connectivity index (χ3v) is 4.19. The monoisotopic (exact) mass is 316 g/mol. The van der Waals surface area contributed by atoms with Crippen LogP contribution in [0.5, 0.6) is 0 Å². The molecule has 0 spiro atoms. The molecule has 0 aliphatic carbocycles. The maximum Gasteiger partial charge on any atom is 0.0400 e. The Hall–Kier alpha value is -2.74. The molecule has 0 atom stereocenters. The van der Waals surface area contributed by atoms with E-state index in [1.165, 1.54) is 33.6 Å². The lowest BCUT2D eigenvalue weighted by Crippen LogP contribution is -2.07. The van der Waals surface area contributed by atoms with Crippen molar-refractivity contribution >= 4 is 11.4 Å². The van der Waals surface area contributed by atoms with Crippen LogP contribution in [-0.4, -0.2) is 14.1 Å². The highest BCUT2D eigenvalue weighted by atomic mass is 15.1. The summed E-state index contributed by atoms with van der Waals surface area (Å²) in [5.41, 5.74) is 7.44. The van der Waals surface area contributed by atoms with Gasteiger partial charge in [-0.1, -0.05) is 48.5 Å². The van der Waals surface area contributed by atoms with Crippen molar-refractivity contribution in [3.63, 3.8) is 0 Å². The van der Waals surface area contributed by atoms with Crippen molar-refractivity contribution in [1.29, 1.82) is 0 Å². The topological polar surface area (TPSA) is 15.3 Å². The van der Waals surface area contributed by atoms with Crippen LogP contribution >= 0.6 is 0 Å². The van der Waals surface area contributed by atoms with Gasteiger partial charge in [0.1, 0.15) is 0 Å². The van der Waals surface area contributed by atoms with Gasteiger partial charge in [0.05, 0.1) is 0 Å². The van der Waals surface area contributed by atoms with Gasteiger partial charge in [-0.3, -0.25) is 0 Å². The second-order valence-corrected chi connectivity index (χ2v) is 6.36. The second kappa shape index (κ2) is 7.22. The van der Waals surface area contributed by atoms with E-state index in [4.69, 9.17) is 0 Å². The molecule has 0 radical (unpaired) electrons. The Kier molecular flexibility index (Phi) is 4.85. The number of rotatable bonds is 5. The standard InChI is InChI=1S/C22H24N2/c1-17-5-4-6-21(15-17)23-16-18-7-9-19(10-8-18)20-11-13-22(14-12-20)24(2)3/h4-15,23H,16H2,1-3H3. The Morgan fingerprint density at radius 3 is 2.00 bits per heavy atom. The Balaban J connectivity index is 1.66. The first kappa shape index (κ1) is 16.1. The highest BCUT2D eigenvalue weighted by Gasteiger charge is 2.00. The zero-order valence-electron chi connectivity index (χ0n) is 14.6. The van der Waals surface area contributed by atoms with Gasteiger partial charge in [-0.15, -0.1) is 0 Å². The number of hydrogen-bond donors (Lipinski definition) is 1. The molecular formula is C22H24N2. The molecule has 3 rings (SSSR count). The Morgan fingerprint density at radius 1 is 0.792 bits per heavy atom. The number of aryl methyl sites for hydroxylation is 1. The quantitative estimate of drug-likeness (QED) is 0.683. The van der Waals surface area contributed by atoms with E-state index in [9.17, 15) is 0 Å². The van der Waals surface area contributed by atoms with Gasteiger partial charge in [-0.25, -0.2) is 0 Å². The Morgan fingerprint density at radius 2 is 1.42 bits per heavy atom. The number of nitrogens with one attached hydrogen (secondary N) is 1. The van der Waals surface area contributed by atoms with Gasteiger partial charge in [-0.2, -0.15) is 0 Å². The van der Waals surface area contributed by atoms with Gasteiger partial charge < -0.3 is 10.2 Å². The lowest BCUT2D eigenvalue weighted by Gasteiger charge is -2.13. The van der Waals surface area contributed by atoms with E-state index >= 15 is 0 Å². The largest absolute Gasteiger partial charge is 0.381 e. The van der Waals surface area contributed by atoms with Crippen molar-refractivity contribution in [2.75, 3.05) is 24.3 Å². The minimum atomic E-state index is 0.837. The van der Waals surface area contributed by atoms with E-state index in [1.54, 1.807) is 0 Å². The summed E-state index contributed by atoms with van der Waals surface area (Å²) in [5.74, 6) is 0. The fourth-order valence-corrected chi connectivity index (χ4v) is 2.73. The number of benzene rings is 3. The average molecular weight is 316 g/mol. The van der Waals surface area contributed by atoms with E-state index in [2.05, 4.69) is 104 Å². The lowest BCUT2D eigenvalue weighted by atomic mass is 10.0. The molecule has 24 heavy (non-hydrogen) atoms. The van der Waals surface area contributed by atoms with Gasteiger partial charge in [-0.05, 0) is 53.4 Å². The molecule has 0 heterocycles. The van der Waals surface area contributed by atoms with Gasteiger partial charge >= 0.3 is 0 Å². The summed E-state index contributed by atoms with van der Waals surface area (Å²) in [6.07, 6.45) is 0. The Bertz CT molecular complexity index is 787. The van der Waals surface area contributed by atoms with Crippen LogP contribution in [-0.2, 0) is 6.54 Å². The summed E-state index contributed by atoms with van der Waals surface area (Å²) in [6, 6.07) is 25.9. The number of anilines is 2. The molecule has 0 bridgehead atoms. The van der Waals surface area contributed by atoms with Crippen LogP contribution in [0.4, 0.5) is 11.4 Å². The molecule has 3 aromatic carbocycles. The van der Waals surface area contributed by atoms with Crippen LogP contribution in [0.3, 0.4) is 0 Å². The molecule has 122 valence electrons. The molecule has 2 heteroatoms. The fourth-order valence-electron chi connectivity index (χ4n) is 2.73. The lowest BCUT2D eigenvalue weighted by molar-refractivity contribution is 1.13. The predicted molar refractivity (Wildman–Crippen MR) is 105 cm³/mol. The van der Waals surface area contributed by atoms with Crippen molar-refractivity contribution in [3.8, 4) is 11.1 Å². The summed E-state index contributed by atoms with van der Waals surface area (Å²) in [4.78, 5) is 2.11. The molecule has 0 unspecified atom stereocenters. The van der Waals surface area contributed by atoms with Gasteiger partial charge in [0, 0.05) is 32.0 Å². The number of hydrogen-bond acceptors (Lipinski definition) is 2. The molecule has 0 aliphatic rings. The highest BCUT2D eigenvalue weighted by molar-refractivity contribution is 5.66. The maximum absolute atomic E-state index is 3.48. The van der Waals surface area contributed by atoms with Crippen LogP contribution in [0.2, 0.25) is 0 Å². The third-order valence-electron chi connectivity index (χ3n) is 4.19. The first-order valence-electron chi connectivity index (χ1n) is 8.29. The van der Waals surface area contributed by atoms with E-state index < -0.39 is 0 Å². The third kappa shape index (κ3) is 3.96. The molecular weight excluding hydrogens is 292 g/mol. The van der Waals surface area contributed by atoms with Crippen molar-refractivity contribution in [2.24, 2.45) is 0 Å². The molecule has 0 amide bonds. The smallest absolute Gasteiger partial charge is 0.0400 e. The minimum Gasteiger partial charge on any atom is -0.381 e. The first-order valence-corrected chi connectivity index (χ1v) is 8.29. The molecule has 0 aliphatic heterocycles. The summed E-state index contributed by atoms with van der Waals surface area (Å²) in [6.45, 7) is 2.95. The minimum absolute atomic E-state index is 0.837. The van der Waals surface area contributed by atoms with Crippen molar-refractivity contribution in [1.82, 2.24) is 0 Å². The Labute approximate surface area is 144 Å². The molecule has 0 saturated carbocycles. The molecule has 0 saturated heterocycles. The van der Waals surface area contributed by atoms with Gasteiger partial charge in [0.25, 0.3) is 0 Å². The van der Waals surface area contributed by atoms with Crippen LogP contribution in [0, 0.1) is 6.92 Å². The highest BCUT2D eigenvalue weighted by Crippen LogP contribution is 2.23. The van der Waals surface area contributed by atoms with Gasteiger partial charge in [0.2, 0.25) is 0 Å². The van der Waals surface area contributed by atoms with E-state index in [0.717, 1.165) is 6.54 Å². The fraction of sp³-hybridized carbons (Fsp3) is 0.182. The normalized spacial score (nSPS) is 10.5. The molecule has 0 fully saturated rings. The zero-order valence-corrected chi connectivity index (χ0v) is 14.6. The van der Waals surface area contributed by atoms with Gasteiger partial charge in [0.15, 0.2) is 0 Å². The average Bonchev–Trinajstić information content (AvgIpc) is 2.61. The molecule has 3 aromatic rings. The predicted octanol–water partition coefficient (Wildman–Crippen LogP) is 5.34. The van der Waals surface area contributed by atoms with E-state index in [-0.39, 0.29) is 0 Å². The summed E-state index contributed by atoms with van der Waals surface area (Å²) >= 11 is 0. The SMILES string of the molecule is Cc1cccc(NCc2ccc(-c3ccc(N(C)C)cc3)cc2)c1. The molecule has 2 nitrogen and oxygen atoms in total. The number of nitrogens with zero attached hydrogens (tertiary/aromatic N) is 1. The summed E-state index contributed by atoms with van der Waals surface area (Å²) in [7, 11) is 4.12. The van der Waals surface area contributed by atoms with Crippen LogP contribution < -0.4 is 10.2 Å². The van der Waals surface area contributed by atoms with Crippen LogP contribution in [0.25, 0.3) is 11.1 Å². The molecule has 0 aromatic heterocycles. The van der Waals surface area contributed by atoms with E-state index in [0.29, 0.717) is 0 Å². The second-order valence-electron chi connectivity index (χ2n) is 6.36. The summed E-state index contributed by atoms with van der Waals surface area (Å²) in [5, 5.41) is 3.48. The summed E-state index contributed by atoms with van der Waals surface area (Å²) < 4.78 is 0. The van der Waals surface area contributed by atoms with Crippen molar-refractivity contribution in [3.05, 3.63) is 83.9 Å². The van der Waals surface area contributed by atoms with Crippen molar-refractivity contribution < 1.29 is 0 Å². The maximum atomic E-state index is 3.48. The van der Waals surface area contributed by atoms with Crippen LogP contribution in [0.1, 0.15) is 11.1 Å². The van der Waals surface area contributed by atoms with Crippen molar-refractivity contribution in [2.45, 2.75) is 13.5 Å². The van der Waals surface area contributed by atoms with E-state index in [1.807, 2.05) is 0 Å². The first-order chi connectivity index (χ1) is 11.6. The van der Waals surface area contributed by atoms with Crippen LogP contribution in [0.15, 0.2) is 72.8 Å². The zero-order chi connectivity index (χ0) is 16.9. The molecule has 1 N–H and O–H groups in total.